The number of methoxy groups -OCH3 is 2. The Bertz CT molecular complexity index is 1290. The van der Waals surface area contributed by atoms with Gasteiger partial charge in [0.25, 0.3) is 0 Å². The average molecular weight is 511 g/mol. The van der Waals surface area contributed by atoms with Crippen LogP contribution in [-0.2, 0) is 23.8 Å². The largest absolute Gasteiger partial charge is 0.510 e. The summed E-state index contributed by atoms with van der Waals surface area (Å²) in [5.41, 5.74) is 1.61. The first-order chi connectivity index (χ1) is 17.7. The van der Waals surface area contributed by atoms with Gasteiger partial charge in [0.2, 0.25) is 5.95 Å². The van der Waals surface area contributed by atoms with Gasteiger partial charge in [0, 0.05) is 31.2 Å². The van der Waals surface area contributed by atoms with Crippen molar-refractivity contribution in [3.8, 4) is 0 Å². The summed E-state index contributed by atoms with van der Waals surface area (Å²) in [5.74, 6) is -1.87. The highest BCUT2D eigenvalue weighted by Crippen LogP contribution is 2.26. The van der Waals surface area contributed by atoms with Crippen molar-refractivity contribution < 1.29 is 38.8 Å². The number of ether oxygens (including phenoxy) is 3. The third-order valence-electron chi connectivity index (χ3n) is 5.09. The Morgan fingerprint density at radius 3 is 1.95 bits per heavy atom. The van der Waals surface area contributed by atoms with Gasteiger partial charge >= 0.3 is 17.9 Å². The fraction of sp³-hybridized carbons (Fsp3) is 0.240. The quantitative estimate of drug-likeness (QED) is 0.229. The van der Waals surface area contributed by atoms with Gasteiger partial charge in [-0.3, -0.25) is 0 Å². The molecule has 0 saturated carbocycles. The standard InChI is InChI=1S/C25H26N4O8/c1-4-37-24(34)16-13-26-25(28-18-8-6-15(10-20(18)31)12-22(33)36-3)29-23(16)27-17-7-5-14(9-19(17)30)11-21(32)35-2/h5-8,11-13,30-31H,4,9-10H2,1-3H3,(H2,26,27,28,29). The third-order valence-corrected chi connectivity index (χ3v) is 5.09. The first-order valence-electron chi connectivity index (χ1n) is 11.1. The van der Waals surface area contributed by atoms with Crippen LogP contribution in [0.15, 0.2) is 76.7 Å². The van der Waals surface area contributed by atoms with E-state index in [0.717, 1.165) is 0 Å². The maximum atomic E-state index is 12.5. The van der Waals surface area contributed by atoms with Gasteiger partial charge in [0.1, 0.15) is 17.1 Å². The molecule has 0 radical (unpaired) electrons. The van der Waals surface area contributed by atoms with Crippen LogP contribution in [0.2, 0.25) is 0 Å². The predicted molar refractivity (Wildman–Crippen MR) is 132 cm³/mol. The predicted octanol–water partition coefficient (Wildman–Crippen LogP) is 3.13. The van der Waals surface area contributed by atoms with Gasteiger partial charge in [-0.05, 0) is 30.2 Å². The molecule has 0 bridgehead atoms. The molecule has 0 atom stereocenters. The SMILES string of the molecule is CCOC(=O)c1cnc(NC2=C(O)CC(=CC(=O)OC)C=C2)nc1NC1=C(O)CC(=CC(=O)OC)C=C1. The number of aliphatic hydroxyl groups excluding tert-OH is 2. The van der Waals surface area contributed by atoms with Gasteiger partial charge in [0.15, 0.2) is 5.82 Å². The van der Waals surface area contributed by atoms with Gasteiger partial charge in [0.05, 0.1) is 32.2 Å². The van der Waals surface area contributed by atoms with Gasteiger partial charge in [-0.1, -0.05) is 12.2 Å². The summed E-state index contributed by atoms with van der Waals surface area (Å²) in [6.07, 6.45) is 10.2. The van der Waals surface area contributed by atoms with Crippen LogP contribution >= 0.6 is 0 Å². The number of carbonyl (C=O) groups excluding carboxylic acids is 3. The lowest BCUT2D eigenvalue weighted by Gasteiger charge is -2.18. The molecule has 0 unspecified atom stereocenters. The molecule has 0 aromatic carbocycles. The number of esters is 3. The maximum absolute atomic E-state index is 12.5. The summed E-state index contributed by atoms with van der Waals surface area (Å²) in [4.78, 5) is 43.8. The number of nitrogens with one attached hydrogen (secondary N) is 2. The molecule has 1 heterocycles. The molecule has 12 heteroatoms. The van der Waals surface area contributed by atoms with Crippen molar-refractivity contribution in [2.75, 3.05) is 31.5 Å². The smallest absolute Gasteiger partial charge is 0.343 e. The highest BCUT2D eigenvalue weighted by molar-refractivity contribution is 5.95. The molecule has 0 saturated heterocycles. The second-order valence-electron chi connectivity index (χ2n) is 7.65. The zero-order valence-corrected chi connectivity index (χ0v) is 20.4. The Hall–Kier alpha value is -4.87. The Labute approximate surface area is 212 Å². The van der Waals surface area contributed by atoms with E-state index in [2.05, 4.69) is 30.1 Å². The fourth-order valence-electron chi connectivity index (χ4n) is 3.26. The number of carbonyl (C=O) groups is 3. The number of allylic oxidation sites excluding steroid dienone is 6. The highest BCUT2D eigenvalue weighted by Gasteiger charge is 2.20. The van der Waals surface area contributed by atoms with Crippen LogP contribution in [0.1, 0.15) is 30.1 Å². The second-order valence-corrected chi connectivity index (χ2v) is 7.65. The lowest BCUT2D eigenvalue weighted by atomic mass is 10.0. The maximum Gasteiger partial charge on any atom is 0.343 e. The molecular formula is C25H26N4O8. The third kappa shape index (κ3) is 7.07. The first-order valence-corrected chi connectivity index (χ1v) is 11.1. The first kappa shape index (κ1) is 26.7. The van der Waals surface area contributed by atoms with Crippen molar-refractivity contribution in [3.63, 3.8) is 0 Å². The molecule has 1 aromatic heterocycles. The Morgan fingerprint density at radius 1 is 0.919 bits per heavy atom. The van der Waals surface area contributed by atoms with E-state index in [9.17, 15) is 24.6 Å². The summed E-state index contributed by atoms with van der Waals surface area (Å²) in [7, 11) is 2.51. The van der Waals surface area contributed by atoms with E-state index in [0.29, 0.717) is 11.1 Å². The molecule has 194 valence electrons. The Balaban J connectivity index is 1.86. The lowest BCUT2D eigenvalue weighted by molar-refractivity contribution is -0.135. The Kier molecular flexibility index (Phi) is 8.81. The van der Waals surface area contributed by atoms with Crippen molar-refractivity contribution in [2.45, 2.75) is 19.8 Å². The molecule has 2 aliphatic carbocycles. The second kappa shape index (κ2) is 12.2. The van der Waals surface area contributed by atoms with Crippen LogP contribution in [-0.4, -0.2) is 58.9 Å². The minimum absolute atomic E-state index is 0.0117. The van der Waals surface area contributed by atoms with Gasteiger partial charge in [-0.2, -0.15) is 4.98 Å². The van der Waals surface area contributed by atoms with Crippen LogP contribution in [0.5, 0.6) is 0 Å². The van der Waals surface area contributed by atoms with Crippen LogP contribution < -0.4 is 10.6 Å². The number of nitrogens with zero attached hydrogens (tertiary/aromatic N) is 2. The number of hydrogen-bond acceptors (Lipinski definition) is 12. The van der Waals surface area contributed by atoms with Crippen molar-refractivity contribution >= 4 is 29.7 Å². The van der Waals surface area contributed by atoms with Crippen LogP contribution in [0, 0.1) is 0 Å². The number of aromatic nitrogens is 2. The van der Waals surface area contributed by atoms with Crippen LogP contribution in [0.3, 0.4) is 0 Å². The lowest BCUT2D eigenvalue weighted by Crippen LogP contribution is -2.16. The van der Waals surface area contributed by atoms with Gasteiger partial charge in [-0.25, -0.2) is 19.4 Å². The topological polar surface area (TPSA) is 169 Å². The molecule has 2 aliphatic rings. The zero-order valence-electron chi connectivity index (χ0n) is 20.4. The van der Waals surface area contributed by atoms with Crippen molar-refractivity contribution in [1.82, 2.24) is 9.97 Å². The summed E-state index contributed by atoms with van der Waals surface area (Å²) in [5, 5.41) is 26.7. The molecule has 12 nitrogen and oxygen atoms in total. The highest BCUT2D eigenvalue weighted by atomic mass is 16.5. The monoisotopic (exact) mass is 510 g/mol. The number of hydrogen-bond donors (Lipinski definition) is 4. The summed E-state index contributed by atoms with van der Waals surface area (Å²) < 4.78 is 14.3. The Morgan fingerprint density at radius 2 is 1.46 bits per heavy atom. The fourth-order valence-corrected chi connectivity index (χ4v) is 3.26. The zero-order chi connectivity index (χ0) is 26.9. The van der Waals surface area contributed by atoms with E-state index in [1.165, 1.54) is 44.7 Å². The molecule has 0 aliphatic heterocycles. The number of aliphatic hydroxyl groups is 2. The minimum Gasteiger partial charge on any atom is -0.510 e. The summed E-state index contributed by atoms with van der Waals surface area (Å²) in [6, 6.07) is 0. The number of rotatable bonds is 8. The van der Waals surface area contributed by atoms with E-state index in [1.807, 2.05) is 0 Å². The van der Waals surface area contributed by atoms with Crippen LogP contribution in [0.25, 0.3) is 0 Å². The molecule has 4 N–H and O–H groups in total. The van der Waals surface area contributed by atoms with Gasteiger partial charge in [-0.15, -0.1) is 0 Å². The van der Waals surface area contributed by atoms with Crippen molar-refractivity contribution in [1.29, 1.82) is 0 Å². The van der Waals surface area contributed by atoms with E-state index in [1.54, 1.807) is 19.1 Å². The minimum atomic E-state index is -0.681. The normalized spacial score (nSPS) is 17.2. The molecule has 37 heavy (non-hydrogen) atoms. The van der Waals surface area contributed by atoms with E-state index in [-0.39, 0.29) is 59.7 Å². The molecule has 0 spiro atoms. The molecule has 0 fully saturated rings. The summed E-state index contributed by atoms with van der Waals surface area (Å²) >= 11 is 0. The van der Waals surface area contributed by atoms with Crippen molar-refractivity contribution in [2.24, 2.45) is 0 Å². The molecule has 1 aromatic rings. The van der Waals surface area contributed by atoms with E-state index < -0.39 is 17.9 Å². The van der Waals surface area contributed by atoms with Gasteiger partial charge < -0.3 is 35.1 Å². The summed E-state index contributed by atoms with van der Waals surface area (Å²) in [6.45, 7) is 1.78. The van der Waals surface area contributed by atoms with Crippen LogP contribution in [0.4, 0.5) is 11.8 Å². The van der Waals surface area contributed by atoms with E-state index >= 15 is 0 Å². The molecule has 0 amide bonds. The molecule has 3 rings (SSSR count). The van der Waals surface area contributed by atoms with E-state index in [4.69, 9.17) is 4.74 Å². The number of anilines is 2. The average Bonchev–Trinajstić information content (AvgIpc) is 2.87. The van der Waals surface area contributed by atoms with Crippen molar-refractivity contribution in [3.05, 3.63) is 82.3 Å². The molecular weight excluding hydrogens is 484 g/mol.